The van der Waals surface area contributed by atoms with Gasteiger partial charge in [-0.3, -0.25) is 9.69 Å². The molecule has 0 N–H and O–H groups in total. The molecule has 0 saturated carbocycles. The summed E-state index contributed by atoms with van der Waals surface area (Å²) in [5.74, 6) is 0.270. The summed E-state index contributed by atoms with van der Waals surface area (Å²) in [6.07, 6.45) is 1.01. The average molecular weight is 270 g/mol. The molecule has 0 atom stereocenters. The van der Waals surface area contributed by atoms with Crippen LogP contribution in [0.25, 0.3) is 0 Å². The third-order valence-corrected chi connectivity index (χ3v) is 3.76. The van der Waals surface area contributed by atoms with Gasteiger partial charge in [0, 0.05) is 17.8 Å². The average Bonchev–Trinajstić information content (AvgIpc) is 2.77. The van der Waals surface area contributed by atoms with Crippen LogP contribution in [0.15, 0.2) is 5.38 Å². The molecule has 1 aromatic rings. The molecule has 5 heteroatoms. The Morgan fingerprint density at radius 3 is 2.78 bits per heavy atom. The van der Waals surface area contributed by atoms with Gasteiger partial charge in [-0.25, -0.2) is 4.98 Å². The number of rotatable bonds is 7. The second kappa shape index (κ2) is 7.48. The van der Waals surface area contributed by atoms with E-state index >= 15 is 0 Å². The largest absolute Gasteiger partial charge is 0.468 e. The van der Waals surface area contributed by atoms with Gasteiger partial charge in [-0.05, 0) is 13.0 Å². The van der Waals surface area contributed by atoms with Crippen LogP contribution in [0.2, 0.25) is 0 Å². The second-order valence-electron chi connectivity index (χ2n) is 4.62. The van der Waals surface area contributed by atoms with Crippen molar-refractivity contribution in [1.82, 2.24) is 9.88 Å². The summed E-state index contributed by atoms with van der Waals surface area (Å²) in [5.41, 5.74) is 1.04. The molecule has 1 aromatic heterocycles. The molecular weight excluding hydrogens is 248 g/mol. The molecule has 0 aliphatic rings. The highest BCUT2D eigenvalue weighted by Gasteiger charge is 2.13. The van der Waals surface area contributed by atoms with Gasteiger partial charge >= 0.3 is 5.97 Å². The van der Waals surface area contributed by atoms with E-state index in [1.54, 1.807) is 11.3 Å². The molecule has 0 spiro atoms. The molecule has 102 valence electrons. The molecule has 1 rings (SSSR count). The zero-order valence-corrected chi connectivity index (χ0v) is 12.4. The summed E-state index contributed by atoms with van der Waals surface area (Å²) in [7, 11) is 1.42. The highest BCUT2D eigenvalue weighted by atomic mass is 32.1. The van der Waals surface area contributed by atoms with Gasteiger partial charge in [0.1, 0.15) is 0 Å². The van der Waals surface area contributed by atoms with Crippen molar-refractivity contribution in [3.8, 4) is 0 Å². The van der Waals surface area contributed by atoms with Gasteiger partial charge in [0.25, 0.3) is 0 Å². The number of methoxy groups -OCH3 is 1. The summed E-state index contributed by atoms with van der Waals surface area (Å²) >= 11 is 1.69. The summed E-state index contributed by atoms with van der Waals surface area (Å²) in [4.78, 5) is 18.0. The Kier molecular flexibility index (Phi) is 6.29. The van der Waals surface area contributed by atoms with Crippen molar-refractivity contribution in [2.45, 2.75) is 39.7 Å². The molecule has 0 saturated heterocycles. The maximum Gasteiger partial charge on any atom is 0.319 e. The number of nitrogens with zero attached hydrogens (tertiary/aromatic N) is 2. The summed E-state index contributed by atoms with van der Waals surface area (Å²) in [6, 6.07) is 0. The van der Waals surface area contributed by atoms with Crippen molar-refractivity contribution in [2.75, 3.05) is 20.2 Å². The lowest BCUT2D eigenvalue weighted by Crippen LogP contribution is -2.31. The van der Waals surface area contributed by atoms with Gasteiger partial charge in [0.05, 0.1) is 24.4 Å². The van der Waals surface area contributed by atoms with Gasteiger partial charge in [-0.1, -0.05) is 20.8 Å². The van der Waals surface area contributed by atoms with E-state index in [-0.39, 0.29) is 5.97 Å². The van der Waals surface area contributed by atoms with Crippen LogP contribution < -0.4 is 0 Å². The van der Waals surface area contributed by atoms with Crippen molar-refractivity contribution >= 4 is 17.3 Å². The first-order valence-corrected chi connectivity index (χ1v) is 7.18. The fourth-order valence-electron chi connectivity index (χ4n) is 1.67. The number of hydrogen-bond donors (Lipinski definition) is 0. The van der Waals surface area contributed by atoms with Crippen LogP contribution in [0.3, 0.4) is 0 Å². The minimum absolute atomic E-state index is 0.192. The van der Waals surface area contributed by atoms with Crippen LogP contribution >= 0.6 is 11.3 Å². The maximum absolute atomic E-state index is 11.3. The standard InChI is InChI=1S/C13H22N2O2S/c1-5-6-15(8-12(16)17-4)7-11-9-18-13(14-11)10(2)3/h9-10H,5-8H2,1-4H3. The van der Waals surface area contributed by atoms with E-state index in [9.17, 15) is 4.79 Å². The monoisotopic (exact) mass is 270 g/mol. The lowest BCUT2D eigenvalue weighted by atomic mass is 10.2. The highest BCUT2D eigenvalue weighted by molar-refractivity contribution is 7.09. The molecule has 0 amide bonds. The molecule has 0 bridgehead atoms. The smallest absolute Gasteiger partial charge is 0.319 e. The van der Waals surface area contributed by atoms with Crippen LogP contribution in [-0.2, 0) is 16.1 Å². The normalized spacial score (nSPS) is 11.2. The molecule has 0 fully saturated rings. The lowest BCUT2D eigenvalue weighted by molar-refractivity contribution is -0.142. The van der Waals surface area contributed by atoms with Crippen molar-refractivity contribution in [1.29, 1.82) is 0 Å². The fourth-order valence-corrected chi connectivity index (χ4v) is 2.49. The zero-order chi connectivity index (χ0) is 13.5. The minimum atomic E-state index is -0.192. The van der Waals surface area contributed by atoms with E-state index in [2.05, 4.69) is 36.0 Å². The molecule has 0 aromatic carbocycles. The van der Waals surface area contributed by atoms with Crippen LogP contribution in [-0.4, -0.2) is 36.1 Å². The Hall–Kier alpha value is -0.940. The van der Waals surface area contributed by atoms with Gasteiger partial charge in [0.15, 0.2) is 0 Å². The topological polar surface area (TPSA) is 42.4 Å². The minimum Gasteiger partial charge on any atom is -0.468 e. The molecule has 0 unspecified atom stereocenters. The van der Waals surface area contributed by atoms with Gasteiger partial charge in [-0.15, -0.1) is 11.3 Å². The van der Waals surface area contributed by atoms with Crippen molar-refractivity contribution in [3.63, 3.8) is 0 Å². The molecule has 4 nitrogen and oxygen atoms in total. The van der Waals surface area contributed by atoms with Crippen LogP contribution in [0.5, 0.6) is 0 Å². The fraction of sp³-hybridized carbons (Fsp3) is 0.692. The Bertz CT molecular complexity index is 377. The molecule has 0 aliphatic heterocycles. The molecular formula is C13H22N2O2S. The summed E-state index contributed by atoms with van der Waals surface area (Å²) < 4.78 is 4.71. The number of hydrogen-bond acceptors (Lipinski definition) is 5. The summed E-state index contributed by atoms with van der Waals surface area (Å²) in [6.45, 7) is 8.31. The first-order valence-electron chi connectivity index (χ1n) is 6.30. The van der Waals surface area contributed by atoms with E-state index in [0.717, 1.165) is 23.7 Å². The first kappa shape index (κ1) is 15.1. The first-order chi connectivity index (χ1) is 8.56. The van der Waals surface area contributed by atoms with Crippen molar-refractivity contribution < 1.29 is 9.53 Å². The number of carbonyl (C=O) groups excluding carboxylic acids is 1. The number of ether oxygens (including phenoxy) is 1. The van der Waals surface area contributed by atoms with Crippen molar-refractivity contribution in [2.24, 2.45) is 0 Å². The summed E-state index contributed by atoms with van der Waals surface area (Å²) in [5, 5.41) is 3.23. The van der Waals surface area contributed by atoms with Gasteiger partial charge < -0.3 is 4.74 Å². The zero-order valence-electron chi connectivity index (χ0n) is 11.6. The third kappa shape index (κ3) is 4.74. The van der Waals surface area contributed by atoms with Crippen LogP contribution in [0.1, 0.15) is 43.8 Å². The predicted molar refractivity (Wildman–Crippen MR) is 73.8 cm³/mol. The second-order valence-corrected chi connectivity index (χ2v) is 5.51. The Morgan fingerprint density at radius 1 is 1.56 bits per heavy atom. The van der Waals surface area contributed by atoms with Crippen LogP contribution in [0, 0.1) is 0 Å². The molecule has 0 radical (unpaired) electrons. The lowest BCUT2D eigenvalue weighted by Gasteiger charge is -2.18. The SMILES string of the molecule is CCCN(CC(=O)OC)Cc1csc(C(C)C)n1. The van der Waals surface area contributed by atoms with E-state index < -0.39 is 0 Å². The van der Waals surface area contributed by atoms with Crippen LogP contribution in [0.4, 0.5) is 0 Å². The van der Waals surface area contributed by atoms with E-state index in [1.165, 1.54) is 7.11 Å². The number of carbonyl (C=O) groups is 1. The quantitative estimate of drug-likeness (QED) is 0.714. The molecule has 0 aliphatic carbocycles. The Labute approximate surface area is 113 Å². The third-order valence-electron chi connectivity index (χ3n) is 2.57. The maximum atomic E-state index is 11.3. The van der Waals surface area contributed by atoms with Gasteiger partial charge in [-0.2, -0.15) is 0 Å². The molecule has 1 heterocycles. The Morgan fingerprint density at radius 2 is 2.28 bits per heavy atom. The van der Waals surface area contributed by atoms with E-state index in [4.69, 9.17) is 4.74 Å². The van der Waals surface area contributed by atoms with E-state index in [1.807, 2.05) is 0 Å². The molecule has 18 heavy (non-hydrogen) atoms. The van der Waals surface area contributed by atoms with Crippen molar-refractivity contribution in [3.05, 3.63) is 16.1 Å². The Balaban J connectivity index is 2.61. The highest BCUT2D eigenvalue weighted by Crippen LogP contribution is 2.20. The number of esters is 1. The van der Waals surface area contributed by atoms with E-state index in [0.29, 0.717) is 19.0 Å². The number of thiazole rings is 1. The predicted octanol–water partition coefficient (Wildman–Crippen LogP) is 2.65. The van der Waals surface area contributed by atoms with Gasteiger partial charge in [0.2, 0.25) is 0 Å². The number of aromatic nitrogens is 1.